The van der Waals surface area contributed by atoms with Gasteiger partial charge in [0.05, 0.1) is 5.69 Å². The van der Waals surface area contributed by atoms with Crippen molar-refractivity contribution in [3.63, 3.8) is 0 Å². The smallest absolute Gasteiger partial charge is 0.0549 e. The summed E-state index contributed by atoms with van der Waals surface area (Å²) < 4.78 is 0. The van der Waals surface area contributed by atoms with E-state index < -0.39 is 0 Å². The Morgan fingerprint density at radius 3 is 1.45 bits per heavy atom. The molecule has 0 amide bonds. The standard InChI is InChI=1S/C51H34N2/c52-33-37-19-10-13-26-46(37)53(38-20-8-3-9-21-38)39-29-27-34(28-30-39)40-31-32-45-49-41(40)24-14-25-44(49)50-47(35-15-4-1-5-16-35)42-22-11-12-23-43(42)48(51(45)50)36-17-6-2-7-18-36/h1-33,52H. The molecule has 0 spiro atoms. The minimum absolute atomic E-state index is 0.866. The molecule has 0 unspecified atom stereocenters. The van der Waals surface area contributed by atoms with E-state index in [1.807, 2.05) is 24.3 Å². The molecule has 9 aromatic rings. The Bertz CT molecular complexity index is 2730. The van der Waals surface area contributed by atoms with E-state index in [-0.39, 0.29) is 0 Å². The minimum atomic E-state index is 0.866. The number of benzene rings is 9. The molecule has 0 aliphatic heterocycles. The van der Waals surface area contributed by atoms with Gasteiger partial charge in [-0.3, -0.25) is 0 Å². The van der Waals surface area contributed by atoms with Crippen LogP contribution in [-0.2, 0) is 0 Å². The number of hydrogen-bond donors (Lipinski definition) is 1. The predicted octanol–water partition coefficient (Wildman–Crippen LogP) is 14.1. The van der Waals surface area contributed by atoms with Gasteiger partial charge >= 0.3 is 0 Å². The number of nitrogens with one attached hydrogen (secondary N) is 1. The lowest BCUT2D eigenvalue weighted by atomic mass is 9.82. The summed E-state index contributed by atoms with van der Waals surface area (Å²) in [5, 5.41) is 13.2. The van der Waals surface area contributed by atoms with E-state index in [4.69, 9.17) is 5.41 Å². The molecule has 1 aliphatic carbocycles. The van der Waals surface area contributed by atoms with Crippen molar-refractivity contribution in [2.45, 2.75) is 0 Å². The van der Waals surface area contributed by atoms with Crippen molar-refractivity contribution in [3.05, 3.63) is 200 Å². The molecule has 1 N–H and O–H groups in total. The lowest BCUT2D eigenvalue weighted by molar-refractivity contribution is 1.28. The normalized spacial score (nSPS) is 11.5. The van der Waals surface area contributed by atoms with Crippen LogP contribution in [0.15, 0.2) is 194 Å². The molecule has 10 rings (SSSR count). The highest BCUT2D eigenvalue weighted by atomic mass is 15.1. The molecule has 0 saturated heterocycles. The van der Waals surface area contributed by atoms with Crippen molar-refractivity contribution >= 4 is 44.8 Å². The summed E-state index contributed by atoms with van der Waals surface area (Å²) in [6.07, 6.45) is 1.43. The molecular formula is C51H34N2. The van der Waals surface area contributed by atoms with Gasteiger partial charge in [0.1, 0.15) is 0 Å². The Balaban J connectivity index is 1.19. The van der Waals surface area contributed by atoms with Crippen molar-refractivity contribution in [3.8, 4) is 55.6 Å². The highest BCUT2D eigenvalue weighted by molar-refractivity contribution is 6.28. The Morgan fingerprint density at radius 2 is 0.830 bits per heavy atom. The van der Waals surface area contributed by atoms with Crippen molar-refractivity contribution in [1.82, 2.24) is 0 Å². The van der Waals surface area contributed by atoms with Crippen LogP contribution in [0.3, 0.4) is 0 Å². The third-order valence-corrected chi connectivity index (χ3v) is 10.7. The molecule has 0 atom stereocenters. The third-order valence-electron chi connectivity index (χ3n) is 10.7. The molecule has 248 valence electrons. The van der Waals surface area contributed by atoms with Gasteiger partial charge in [-0.2, -0.15) is 0 Å². The van der Waals surface area contributed by atoms with E-state index in [2.05, 4.69) is 175 Å². The highest BCUT2D eigenvalue weighted by Crippen LogP contribution is 2.58. The van der Waals surface area contributed by atoms with E-state index >= 15 is 0 Å². The van der Waals surface area contributed by atoms with Gasteiger partial charge in [0.2, 0.25) is 0 Å². The zero-order valence-corrected chi connectivity index (χ0v) is 29.0. The van der Waals surface area contributed by atoms with Crippen LogP contribution in [0.1, 0.15) is 5.56 Å². The van der Waals surface area contributed by atoms with Crippen LogP contribution in [0.5, 0.6) is 0 Å². The van der Waals surface area contributed by atoms with Gasteiger partial charge in [-0.15, -0.1) is 0 Å². The fourth-order valence-electron chi connectivity index (χ4n) is 8.47. The number of hydrogen-bond acceptors (Lipinski definition) is 2. The largest absolute Gasteiger partial charge is 0.310 e. The number of fused-ring (bicyclic) bond motifs is 4. The summed E-state index contributed by atoms with van der Waals surface area (Å²) in [4.78, 5) is 2.23. The maximum Gasteiger partial charge on any atom is 0.0549 e. The second-order valence-corrected chi connectivity index (χ2v) is 13.6. The number of para-hydroxylation sites is 2. The summed E-state index contributed by atoms with van der Waals surface area (Å²) in [5.74, 6) is 0. The monoisotopic (exact) mass is 674 g/mol. The first-order chi connectivity index (χ1) is 26.3. The fourth-order valence-corrected chi connectivity index (χ4v) is 8.47. The van der Waals surface area contributed by atoms with Crippen LogP contribution >= 0.6 is 0 Å². The molecule has 53 heavy (non-hydrogen) atoms. The van der Waals surface area contributed by atoms with Gasteiger partial charge in [-0.05, 0) is 108 Å². The molecule has 0 heterocycles. The first-order valence-electron chi connectivity index (χ1n) is 18.1. The number of rotatable bonds is 7. The summed E-state index contributed by atoms with van der Waals surface area (Å²) in [6, 6.07) is 69.6. The van der Waals surface area contributed by atoms with E-state index in [0.717, 1.165) is 22.6 Å². The third kappa shape index (κ3) is 4.92. The zero-order chi connectivity index (χ0) is 35.3. The predicted molar refractivity (Wildman–Crippen MR) is 225 cm³/mol. The van der Waals surface area contributed by atoms with Crippen molar-refractivity contribution < 1.29 is 0 Å². The zero-order valence-electron chi connectivity index (χ0n) is 29.0. The average molecular weight is 675 g/mol. The van der Waals surface area contributed by atoms with E-state index in [0.29, 0.717) is 0 Å². The molecule has 2 heteroatoms. The Morgan fingerprint density at radius 1 is 0.340 bits per heavy atom. The molecule has 0 aromatic heterocycles. The fraction of sp³-hybridized carbons (Fsp3) is 0. The van der Waals surface area contributed by atoms with E-state index in [1.54, 1.807) is 0 Å². The maximum atomic E-state index is 8.13. The highest BCUT2D eigenvalue weighted by Gasteiger charge is 2.31. The Labute approximate surface area is 309 Å². The van der Waals surface area contributed by atoms with Gasteiger partial charge in [0.25, 0.3) is 0 Å². The summed E-state index contributed by atoms with van der Waals surface area (Å²) in [7, 11) is 0. The molecule has 9 aromatic carbocycles. The molecule has 0 radical (unpaired) electrons. The minimum Gasteiger partial charge on any atom is -0.310 e. The van der Waals surface area contributed by atoms with Crippen LogP contribution < -0.4 is 4.90 Å². The first kappa shape index (κ1) is 30.8. The number of nitrogens with zero attached hydrogens (tertiary/aromatic N) is 1. The maximum absolute atomic E-state index is 8.13. The second kappa shape index (κ2) is 12.6. The van der Waals surface area contributed by atoms with Crippen molar-refractivity contribution in [2.24, 2.45) is 0 Å². The van der Waals surface area contributed by atoms with Crippen molar-refractivity contribution in [1.29, 1.82) is 5.41 Å². The molecule has 0 saturated carbocycles. The van der Waals surface area contributed by atoms with E-state index in [9.17, 15) is 0 Å². The second-order valence-electron chi connectivity index (χ2n) is 13.6. The van der Waals surface area contributed by atoms with Gasteiger partial charge in [0, 0.05) is 23.2 Å². The molecule has 0 fully saturated rings. The number of anilines is 3. The Kier molecular flexibility index (Phi) is 7.33. The quantitative estimate of drug-likeness (QED) is 0.167. The van der Waals surface area contributed by atoms with Crippen molar-refractivity contribution in [2.75, 3.05) is 4.90 Å². The van der Waals surface area contributed by atoms with Crippen LogP contribution in [0.25, 0.3) is 77.2 Å². The first-order valence-corrected chi connectivity index (χ1v) is 18.1. The average Bonchev–Trinajstić information content (AvgIpc) is 3.56. The topological polar surface area (TPSA) is 27.1 Å². The Hall–Kier alpha value is -7.03. The van der Waals surface area contributed by atoms with Gasteiger partial charge < -0.3 is 10.3 Å². The molecule has 0 bridgehead atoms. The van der Waals surface area contributed by atoms with Gasteiger partial charge in [0.15, 0.2) is 0 Å². The molecule has 2 nitrogen and oxygen atoms in total. The SMILES string of the molecule is N=Cc1ccccc1N(c1ccccc1)c1ccc(-c2ccc3c4c(cccc24)-c2c-3c(-c3ccccc3)c3ccccc3c2-c2ccccc2)cc1. The van der Waals surface area contributed by atoms with Crippen LogP contribution in [0.4, 0.5) is 17.1 Å². The summed E-state index contributed by atoms with van der Waals surface area (Å²) in [5.41, 5.74) is 16.5. The van der Waals surface area contributed by atoms with Gasteiger partial charge in [-0.1, -0.05) is 164 Å². The van der Waals surface area contributed by atoms with Crippen LogP contribution in [0.2, 0.25) is 0 Å². The van der Waals surface area contributed by atoms with Gasteiger partial charge in [-0.25, -0.2) is 0 Å². The molecular weight excluding hydrogens is 641 g/mol. The molecule has 1 aliphatic rings. The van der Waals surface area contributed by atoms with E-state index in [1.165, 1.54) is 83.4 Å². The summed E-state index contributed by atoms with van der Waals surface area (Å²) >= 11 is 0. The van der Waals surface area contributed by atoms with Crippen LogP contribution in [0, 0.1) is 5.41 Å². The lowest BCUT2D eigenvalue weighted by Gasteiger charge is -2.27. The summed E-state index contributed by atoms with van der Waals surface area (Å²) in [6.45, 7) is 0. The van der Waals surface area contributed by atoms with Crippen LogP contribution in [-0.4, -0.2) is 6.21 Å². The lowest BCUT2D eigenvalue weighted by Crippen LogP contribution is -2.11.